The van der Waals surface area contributed by atoms with Crippen molar-refractivity contribution in [2.45, 2.75) is 13.0 Å². The Morgan fingerprint density at radius 1 is 1.83 bits per heavy atom. The van der Waals surface area contributed by atoms with Crippen LogP contribution in [0.2, 0.25) is 0 Å². The topological polar surface area (TPSA) is 9.23 Å². The van der Waals surface area contributed by atoms with Crippen molar-refractivity contribution in [2.75, 3.05) is 13.8 Å². The summed E-state index contributed by atoms with van der Waals surface area (Å²) >= 11 is 0. The molecular weight excluding hydrogens is 83.0 g/mol. The van der Waals surface area contributed by atoms with Crippen LogP contribution in [0.3, 0.4) is 0 Å². The molecule has 0 aliphatic heterocycles. The molecule has 1 nitrogen and oxygen atoms in total. The Balaban J connectivity index is 2.75. The number of alkyl halides is 1. The van der Waals surface area contributed by atoms with Crippen LogP contribution in [0.25, 0.3) is 0 Å². The summed E-state index contributed by atoms with van der Waals surface area (Å²) in [5.74, 6) is 0. The highest BCUT2D eigenvalue weighted by Crippen LogP contribution is 1.84. The quantitative estimate of drug-likeness (QED) is 0.493. The smallest absolute Gasteiger partial charge is 0.115 e. The lowest BCUT2D eigenvalue weighted by Gasteiger charge is -1.98. The lowest BCUT2D eigenvalue weighted by atomic mass is 10.5. The Morgan fingerprint density at radius 2 is 2.33 bits per heavy atom. The van der Waals surface area contributed by atoms with E-state index in [1.165, 1.54) is 7.11 Å². The van der Waals surface area contributed by atoms with Gasteiger partial charge in [0.05, 0.1) is 6.10 Å². The molecule has 0 bridgehead atoms. The molecular formula is C4H9FO. The first-order valence-electron chi connectivity index (χ1n) is 1.90. The highest BCUT2D eigenvalue weighted by atomic mass is 19.1. The van der Waals surface area contributed by atoms with Crippen molar-refractivity contribution in [3.8, 4) is 0 Å². The van der Waals surface area contributed by atoms with E-state index in [0.717, 1.165) is 0 Å². The van der Waals surface area contributed by atoms with Gasteiger partial charge in [0.25, 0.3) is 0 Å². The van der Waals surface area contributed by atoms with Gasteiger partial charge in [-0.05, 0) is 6.92 Å². The van der Waals surface area contributed by atoms with Crippen molar-refractivity contribution in [3.05, 3.63) is 0 Å². The van der Waals surface area contributed by atoms with Gasteiger partial charge in [-0.3, -0.25) is 0 Å². The third-order valence-electron chi connectivity index (χ3n) is 0.620. The van der Waals surface area contributed by atoms with Gasteiger partial charge in [-0.15, -0.1) is 0 Å². The van der Waals surface area contributed by atoms with E-state index in [0.29, 0.717) is 0 Å². The second-order valence-corrected chi connectivity index (χ2v) is 1.20. The van der Waals surface area contributed by atoms with Crippen LogP contribution in [0.1, 0.15) is 6.92 Å². The van der Waals surface area contributed by atoms with Gasteiger partial charge in [0.1, 0.15) is 6.67 Å². The van der Waals surface area contributed by atoms with Crippen LogP contribution >= 0.6 is 0 Å². The summed E-state index contributed by atoms with van der Waals surface area (Å²) in [5, 5.41) is 0. The molecule has 0 aliphatic carbocycles. The highest BCUT2D eigenvalue weighted by molar-refractivity contribution is 4.39. The van der Waals surface area contributed by atoms with Crippen LogP contribution in [0, 0.1) is 0 Å². The van der Waals surface area contributed by atoms with E-state index in [1.54, 1.807) is 6.92 Å². The normalized spacial score (nSPS) is 14.5. The number of ether oxygens (including phenoxy) is 1. The largest absolute Gasteiger partial charge is 0.379 e. The lowest BCUT2D eigenvalue weighted by Crippen LogP contribution is -2.05. The molecule has 0 aliphatic rings. The zero-order valence-corrected chi connectivity index (χ0v) is 4.07. The number of hydrogen-bond acceptors (Lipinski definition) is 1. The van der Waals surface area contributed by atoms with Gasteiger partial charge in [0.2, 0.25) is 0 Å². The van der Waals surface area contributed by atoms with E-state index in [1.807, 2.05) is 0 Å². The van der Waals surface area contributed by atoms with Crippen LogP contribution in [0.5, 0.6) is 0 Å². The molecule has 0 amide bonds. The van der Waals surface area contributed by atoms with Gasteiger partial charge in [-0.25, -0.2) is 4.39 Å². The zero-order chi connectivity index (χ0) is 4.99. The monoisotopic (exact) mass is 92.1 g/mol. The van der Waals surface area contributed by atoms with E-state index in [4.69, 9.17) is 0 Å². The van der Waals surface area contributed by atoms with Crippen LogP contribution in [-0.2, 0) is 4.74 Å². The number of rotatable bonds is 2. The molecule has 6 heavy (non-hydrogen) atoms. The maximum atomic E-state index is 11.3. The van der Waals surface area contributed by atoms with Gasteiger partial charge in [-0.2, -0.15) is 0 Å². The van der Waals surface area contributed by atoms with Gasteiger partial charge >= 0.3 is 0 Å². The summed E-state index contributed by atoms with van der Waals surface area (Å²) in [6, 6.07) is 0. The van der Waals surface area contributed by atoms with Crippen molar-refractivity contribution in [2.24, 2.45) is 0 Å². The molecule has 0 heterocycles. The Morgan fingerprint density at radius 3 is 2.33 bits per heavy atom. The zero-order valence-electron chi connectivity index (χ0n) is 4.07. The Bertz CT molecular complexity index is 26.7. The summed E-state index contributed by atoms with van der Waals surface area (Å²) in [4.78, 5) is 0. The molecule has 38 valence electrons. The number of halogens is 1. The van der Waals surface area contributed by atoms with Gasteiger partial charge < -0.3 is 4.74 Å². The molecule has 0 aromatic heterocycles. The van der Waals surface area contributed by atoms with Crippen LogP contribution < -0.4 is 0 Å². The molecule has 0 aromatic rings. The first kappa shape index (κ1) is 5.89. The second kappa shape index (κ2) is 3.09. The first-order valence-corrected chi connectivity index (χ1v) is 1.90. The molecule has 0 saturated carbocycles. The van der Waals surface area contributed by atoms with Crippen molar-refractivity contribution >= 4 is 0 Å². The standard InChI is InChI=1S/C4H9FO/c1-4(3-5)6-2/h4H,3H2,1-2H3. The lowest BCUT2D eigenvalue weighted by molar-refractivity contribution is 0.0942. The minimum Gasteiger partial charge on any atom is -0.379 e. The SMILES string of the molecule is COC(C)CF. The molecule has 0 N–H and O–H groups in total. The van der Waals surface area contributed by atoms with E-state index < -0.39 is 6.67 Å². The van der Waals surface area contributed by atoms with Gasteiger partial charge in [0.15, 0.2) is 0 Å². The summed E-state index contributed by atoms with van der Waals surface area (Å²) in [5.41, 5.74) is 0. The molecule has 0 spiro atoms. The maximum Gasteiger partial charge on any atom is 0.115 e. The second-order valence-electron chi connectivity index (χ2n) is 1.20. The molecule has 1 unspecified atom stereocenters. The van der Waals surface area contributed by atoms with E-state index in [-0.39, 0.29) is 6.10 Å². The molecule has 0 radical (unpaired) electrons. The Kier molecular flexibility index (Phi) is 3.04. The third-order valence-corrected chi connectivity index (χ3v) is 0.620. The predicted octanol–water partition coefficient (Wildman–Crippen LogP) is 0.991. The average Bonchev–Trinajstić information content (AvgIpc) is 1.65. The van der Waals surface area contributed by atoms with Gasteiger partial charge in [0, 0.05) is 7.11 Å². The summed E-state index contributed by atoms with van der Waals surface area (Å²) in [6.07, 6.45) is -0.231. The van der Waals surface area contributed by atoms with Crippen LogP contribution in [0.15, 0.2) is 0 Å². The fraction of sp³-hybridized carbons (Fsp3) is 1.00. The van der Waals surface area contributed by atoms with Crippen molar-refractivity contribution in [3.63, 3.8) is 0 Å². The first-order chi connectivity index (χ1) is 2.81. The molecule has 0 fully saturated rings. The van der Waals surface area contributed by atoms with Gasteiger partial charge in [-0.1, -0.05) is 0 Å². The molecule has 1 atom stereocenters. The highest BCUT2D eigenvalue weighted by Gasteiger charge is 1.92. The summed E-state index contributed by atoms with van der Waals surface area (Å²) < 4.78 is 15.8. The van der Waals surface area contributed by atoms with E-state index in [2.05, 4.69) is 4.74 Å². The van der Waals surface area contributed by atoms with Crippen LogP contribution in [0.4, 0.5) is 4.39 Å². The minimum absolute atomic E-state index is 0.231. The predicted molar refractivity (Wildman–Crippen MR) is 22.4 cm³/mol. The fourth-order valence-corrected chi connectivity index (χ4v) is 0.0630. The van der Waals surface area contributed by atoms with E-state index >= 15 is 0 Å². The van der Waals surface area contributed by atoms with Crippen molar-refractivity contribution < 1.29 is 9.13 Å². The molecule has 0 aromatic carbocycles. The maximum absolute atomic E-state index is 11.3. The number of methoxy groups -OCH3 is 1. The van der Waals surface area contributed by atoms with E-state index in [9.17, 15) is 4.39 Å². The van der Waals surface area contributed by atoms with Crippen molar-refractivity contribution in [1.82, 2.24) is 0 Å². The minimum atomic E-state index is -0.392. The Hall–Kier alpha value is -0.110. The average molecular weight is 92.1 g/mol. The molecule has 2 heteroatoms. The fourth-order valence-electron chi connectivity index (χ4n) is 0.0630. The van der Waals surface area contributed by atoms with Crippen LogP contribution in [-0.4, -0.2) is 19.9 Å². The van der Waals surface area contributed by atoms with Crippen molar-refractivity contribution in [1.29, 1.82) is 0 Å². The third kappa shape index (κ3) is 2.15. The summed E-state index contributed by atoms with van der Waals surface area (Å²) in [7, 11) is 1.49. The Labute approximate surface area is 37.1 Å². The molecule has 0 saturated heterocycles. The number of hydrogen-bond donors (Lipinski definition) is 0. The molecule has 0 rings (SSSR count). The summed E-state index contributed by atoms with van der Waals surface area (Å²) in [6.45, 7) is 1.29.